The maximum atomic E-state index is 10.5. The molecule has 0 fully saturated rings. The second-order valence-electron chi connectivity index (χ2n) is 2.47. The Hall–Kier alpha value is -1.17. The Morgan fingerprint density at radius 1 is 1.64 bits per heavy atom. The van der Waals surface area contributed by atoms with E-state index >= 15 is 0 Å². The second-order valence-corrected chi connectivity index (χ2v) is 3.27. The molecule has 1 aromatic heterocycles. The van der Waals surface area contributed by atoms with E-state index in [0.717, 1.165) is 11.8 Å². The molecule has 0 spiro atoms. The van der Waals surface area contributed by atoms with Gasteiger partial charge in [0, 0.05) is 5.33 Å². The molecule has 0 radical (unpaired) electrons. The van der Waals surface area contributed by atoms with Gasteiger partial charge in [0.05, 0.1) is 6.61 Å². The summed E-state index contributed by atoms with van der Waals surface area (Å²) in [5.74, 6) is -0.0134. The van der Waals surface area contributed by atoms with Gasteiger partial charge in [-0.3, -0.25) is 0 Å². The maximum absolute atomic E-state index is 10.5. The number of alkyl halides is 1. The molecule has 0 aliphatic rings. The molecular weight excluding hydrogens is 252 g/mol. The SMILES string of the molecule is O=[N+]([O-])c1ncccc1OCCCBr. The summed E-state index contributed by atoms with van der Waals surface area (Å²) in [6.45, 7) is 0.442. The smallest absolute Gasteiger partial charge is 0.406 e. The average molecular weight is 261 g/mol. The van der Waals surface area contributed by atoms with Gasteiger partial charge in [-0.05, 0) is 28.5 Å². The lowest BCUT2D eigenvalue weighted by atomic mass is 10.4. The summed E-state index contributed by atoms with van der Waals surface area (Å²) in [6, 6.07) is 3.15. The van der Waals surface area contributed by atoms with Crippen molar-refractivity contribution in [2.24, 2.45) is 0 Å². The number of nitro groups is 1. The fraction of sp³-hybridized carbons (Fsp3) is 0.375. The third-order valence-electron chi connectivity index (χ3n) is 1.46. The topological polar surface area (TPSA) is 65.3 Å². The fourth-order valence-corrected chi connectivity index (χ4v) is 1.10. The Bertz CT molecular complexity index is 319. The van der Waals surface area contributed by atoms with Gasteiger partial charge in [0.25, 0.3) is 0 Å². The summed E-state index contributed by atoms with van der Waals surface area (Å²) in [4.78, 5) is 13.6. The zero-order valence-electron chi connectivity index (χ0n) is 7.35. The number of hydrogen-bond acceptors (Lipinski definition) is 4. The van der Waals surface area contributed by atoms with Crippen molar-refractivity contribution in [3.63, 3.8) is 0 Å². The Morgan fingerprint density at radius 3 is 3.07 bits per heavy atom. The summed E-state index contributed by atoms with van der Waals surface area (Å²) >= 11 is 3.24. The van der Waals surface area contributed by atoms with Crippen LogP contribution in [0.4, 0.5) is 5.82 Å². The highest BCUT2D eigenvalue weighted by Crippen LogP contribution is 2.22. The third kappa shape index (κ3) is 2.95. The largest absolute Gasteiger partial charge is 0.486 e. The molecule has 0 aliphatic carbocycles. The molecule has 0 aliphatic heterocycles. The summed E-state index contributed by atoms with van der Waals surface area (Å²) < 4.78 is 5.20. The van der Waals surface area contributed by atoms with E-state index in [1.807, 2.05) is 0 Å². The van der Waals surface area contributed by atoms with Gasteiger partial charge in [-0.25, -0.2) is 0 Å². The quantitative estimate of drug-likeness (QED) is 0.352. The molecule has 1 rings (SSSR count). The number of halogens is 1. The van der Waals surface area contributed by atoms with Crippen LogP contribution in [0.25, 0.3) is 0 Å². The minimum Gasteiger partial charge on any atom is -0.486 e. The molecule has 14 heavy (non-hydrogen) atoms. The lowest BCUT2D eigenvalue weighted by molar-refractivity contribution is -0.390. The predicted molar refractivity (Wildman–Crippen MR) is 54.8 cm³/mol. The van der Waals surface area contributed by atoms with E-state index < -0.39 is 4.92 Å². The summed E-state index contributed by atoms with van der Waals surface area (Å²) in [5.41, 5.74) is 0. The molecule has 0 atom stereocenters. The molecular formula is C8H9BrN2O3. The Kier molecular flexibility index (Phi) is 4.31. The van der Waals surface area contributed by atoms with Crippen LogP contribution in [-0.2, 0) is 0 Å². The summed E-state index contributed by atoms with van der Waals surface area (Å²) in [5, 5.41) is 11.3. The molecule has 76 valence electrons. The molecule has 6 heteroatoms. The third-order valence-corrected chi connectivity index (χ3v) is 2.02. The average Bonchev–Trinajstić information content (AvgIpc) is 2.19. The molecule has 1 aromatic rings. The van der Waals surface area contributed by atoms with Crippen molar-refractivity contribution in [3.8, 4) is 5.75 Å². The van der Waals surface area contributed by atoms with Crippen LogP contribution in [0.5, 0.6) is 5.75 Å². The van der Waals surface area contributed by atoms with Crippen LogP contribution in [0, 0.1) is 10.1 Å². The molecule has 0 amide bonds. The monoisotopic (exact) mass is 260 g/mol. The Labute approximate surface area is 89.4 Å². The van der Waals surface area contributed by atoms with Gasteiger partial charge in [0.15, 0.2) is 0 Å². The fourth-order valence-electron chi connectivity index (χ4n) is 0.869. The van der Waals surface area contributed by atoms with Crippen molar-refractivity contribution in [1.82, 2.24) is 4.98 Å². The van der Waals surface area contributed by atoms with Crippen LogP contribution in [0.3, 0.4) is 0 Å². The van der Waals surface area contributed by atoms with E-state index in [2.05, 4.69) is 20.9 Å². The van der Waals surface area contributed by atoms with Crippen LogP contribution in [-0.4, -0.2) is 21.8 Å². The maximum Gasteiger partial charge on any atom is 0.406 e. The summed E-state index contributed by atoms with van der Waals surface area (Å²) in [6.07, 6.45) is 2.17. The van der Waals surface area contributed by atoms with Gasteiger partial charge in [0.1, 0.15) is 6.20 Å². The molecule has 0 unspecified atom stereocenters. The van der Waals surface area contributed by atoms with Crippen molar-refractivity contribution in [1.29, 1.82) is 0 Å². The number of hydrogen-bond donors (Lipinski definition) is 0. The molecule has 5 nitrogen and oxygen atoms in total. The Morgan fingerprint density at radius 2 is 2.43 bits per heavy atom. The molecule has 0 aromatic carbocycles. The van der Waals surface area contributed by atoms with Gasteiger partial charge >= 0.3 is 5.82 Å². The van der Waals surface area contributed by atoms with Crippen LogP contribution >= 0.6 is 15.9 Å². The van der Waals surface area contributed by atoms with Crippen LogP contribution in [0.2, 0.25) is 0 Å². The first-order chi connectivity index (χ1) is 6.75. The van der Waals surface area contributed by atoms with E-state index in [9.17, 15) is 10.1 Å². The van der Waals surface area contributed by atoms with Crippen molar-refractivity contribution in [3.05, 3.63) is 28.4 Å². The first kappa shape index (κ1) is 10.9. The van der Waals surface area contributed by atoms with Crippen molar-refractivity contribution in [2.75, 3.05) is 11.9 Å². The minimum absolute atomic E-state index is 0.221. The minimum atomic E-state index is -0.552. The number of rotatable bonds is 5. The highest BCUT2D eigenvalue weighted by Gasteiger charge is 2.14. The van der Waals surface area contributed by atoms with E-state index in [1.54, 1.807) is 12.1 Å². The number of ether oxygens (including phenoxy) is 1. The van der Waals surface area contributed by atoms with Crippen LogP contribution in [0.15, 0.2) is 18.3 Å². The zero-order valence-corrected chi connectivity index (χ0v) is 8.94. The van der Waals surface area contributed by atoms with E-state index in [4.69, 9.17) is 4.74 Å². The van der Waals surface area contributed by atoms with Crippen molar-refractivity contribution >= 4 is 21.7 Å². The highest BCUT2D eigenvalue weighted by atomic mass is 79.9. The van der Waals surface area contributed by atoms with Crippen molar-refractivity contribution in [2.45, 2.75) is 6.42 Å². The van der Waals surface area contributed by atoms with Gasteiger partial charge in [0.2, 0.25) is 5.75 Å². The van der Waals surface area contributed by atoms with Crippen LogP contribution < -0.4 is 4.74 Å². The van der Waals surface area contributed by atoms with Gasteiger partial charge < -0.3 is 14.9 Å². The first-order valence-corrected chi connectivity index (χ1v) is 5.16. The van der Waals surface area contributed by atoms with Crippen molar-refractivity contribution < 1.29 is 9.66 Å². The Balaban J connectivity index is 2.69. The number of aromatic nitrogens is 1. The van der Waals surface area contributed by atoms with Crippen LogP contribution in [0.1, 0.15) is 6.42 Å². The van der Waals surface area contributed by atoms with E-state index in [1.165, 1.54) is 6.20 Å². The highest BCUT2D eigenvalue weighted by molar-refractivity contribution is 9.09. The molecule has 1 heterocycles. The van der Waals surface area contributed by atoms with Gasteiger partial charge in [-0.15, -0.1) is 0 Å². The lowest BCUT2D eigenvalue weighted by Gasteiger charge is -2.03. The molecule has 0 saturated heterocycles. The molecule has 0 N–H and O–H groups in total. The van der Waals surface area contributed by atoms with Gasteiger partial charge in [-0.2, -0.15) is 0 Å². The number of nitrogens with zero attached hydrogens (tertiary/aromatic N) is 2. The first-order valence-electron chi connectivity index (χ1n) is 4.04. The normalized spacial score (nSPS) is 9.79. The molecule has 0 bridgehead atoms. The van der Waals surface area contributed by atoms with E-state index in [0.29, 0.717) is 6.61 Å². The van der Waals surface area contributed by atoms with E-state index in [-0.39, 0.29) is 11.6 Å². The molecule has 0 saturated carbocycles. The second kappa shape index (κ2) is 5.54. The number of pyridine rings is 1. The van der Waals surface area contributed by atoms with Gasteiger partial charge in [-0.1, -0.05) is 15.9 Å². The lowest BCUT2D eigenvalue weighted by Crippen LogP contribution is -2.02. The zero-order chi connectivity index (χ0) is 10.4. The summed E-state index contributed by atoms with van der Waals surface area (Å²) in [7, 11) is 0. The predicted octanol–water partition coefficient (Wildman–Crippen LogP) is 2.15. The standard InChI is InChI=1S/C8H9BrN2O3/c9-4-2-6-14-7-3-1-5-10-8(7)11(12)13/h1,3,5H,2,4,6H2.